The summed E-state index contributed by atoms with van der Waals surface area (Å²) in [5.41, 5.74) is 0.773. The van der Waals surface area contributed by atoms with Crippen molar-refractivity contribution in [2.75, 3.05) is 31.0 Å². The van der Waals surface area contributed by atoms with Gasteiger partial charge in [-0.2, -0.15) is 5.11 Å². The van der Waals surface area contributed by atoms with Gasteiger partial charge in [0.2, 0.25) is 5.91 Å². The summed E-state index contributed by atoms with van der Waals surface area (Å²) in [7, 11) is 2.99. The van der Waals surface area contributed by atoms with E-state index in [-0.39, 0.29) is 6.54 Å². The van der Waals surface area contributed by atoms with Crippen molar-refractivity contribution in [1.29, 1.82) is 0 Å². The highest BCUT2D eigenvalue weighted by Crippen LogP contribution is 2.33. The first-order valence-electron chi connectivity index (χ1n) is 9.25. The van der Waals surface area contributed by atoms with Crippen LogP contribution in [0.25, 0.3) is 0 Å². The Morgan fingerprint density at radius 3 is 2.52 bits per heavy atom. The first kappa shape index (κ1) is 20.6. The second-order valence-electron chi connectivity index (χ2n) is 6.79. The molecule has 11 heteroatoms. The Hall–Kier alpha value is -3.66. The van der Waals surface area contributed by atoms with Crippen LogP contribution in [0, 0.1) is 0 Å². The maximum absolute atomic E-state index is 13.0. The van der Waals surface area contributed by atoms with Crippen LogP contribution in [-0.4, -0.2) is 55.6 Å². The van der Waals surface area contributed by atoms with E-state index in [1.165, 1.54) is 19.2 Å². The van der Waals surface area contributed by atoms with E-state index in [4.69, 9.17) is 21.1 Å². The minimum Gasteiger partial charge on any atom is -0.497 e. The van der Waals surface area contributed by atoms with Gasteiger partial charge in [0.1, 0.15) is 18.0 Å². The number of hydrogen-bond donors (Lipinski definition) is 1. The molecule has 31 heavy (non-hydrogen) atoms. The Bertz CT molecular complexity index is 1070. The molecule has 0 saturated carbocycles. The molecule has 1 saturated heterocycles. The van der Waals surface area contributed by atoms with Gasteiger partial charge in [-0.3, -0.25) is 19.4 Å². The van der Waals surface area contributed by atoms with Crippen LogP contribution in [0.5, 0.6) is 11.5 Å². The van der Waals surface area contributed by atoms with Gasteiger partial charge in [0.15, 0.2) is 12.1 Å². The highest BCUT2D eigenvalue weighted by Gasteiger charge is 2.55. The van der Waals surface area contributed by atoms with Crippen molar-refractivity contribution in [2.24, 2.45) is 10.3 Å². The average Bonchev–Trinajstić information content (AvgIpc) is 3.28. The highest BCUT2D eigenvalue weighted by atomic mass is 35.5. The molecule has 4 rings (SSSR count). The highest BCUT2D eigenvalue weighted by molar-refractivity contribution is 6.31. The van der Waals surface area contributed by atoms with Crippen LogP contribution < -0.4 is 19.7 Å². The number of nitrogens with one attached hydrogen (secondary N) is 1. The topological polar surface area (TPSA) is 113 Å². The number of fused-ring (bicyclic) bond motifs is 1. The Labute approximate surface area is 182 Å². The van der Waals surface area contributed by atoms with Gasteiger partial charge in [-0.05, 0) is 42.5 Å². The fourth-order valence-corrected chi connectivity index (χ4v) is 3.63. The zero-order valence-electron chi connectivity index (χ0n) is 16.6. The molecule has 2 atom stereocenters. The molecule has 2 heterocycles. The van der Waals surface area contributed by atoms with Crippen LogP contribution in [0.4, 0.5) is 11.4 Å². The largest absolute Gasteiger partial charge is 0.497 e. The van der Waals surface area contributed by atoms with E-state index in [0.717, 1.165) is 4.90 Å². The molecule has 0 bridgehead atoms. The van der Waals surface area contributed by atoms with E-state index in [1.807, 2.05) is 0 Å². The van der Waals surface area contributed by atoms with Gasteiger partial charge in [-0.25, -0.2) is 4.90 Å². The summed E-state index contributed by atoms with van der Waals surface area (Å²) in [4.78, 5) is 39.4. The van der Waals surface area contributed by atoms with Crippen LogP contribution in [0.1, 0.15) is 0 Å². The normalized spacial score (nSPS) is 19.6. The van der Waals surface area contributed by atoms with E-state index >= 15 is 0 Å². The molecule has 0 radical (unpaired) electrons. The average molecular weight is 444 g/mol. The van der Waals surface area contributed by atoms with Gasteiger partial charge in [0.05, 0.1) is 25.6 Å². The number of hydrogen-bond acceptors (Lipinski definition) is 8. The third kappa shape index (κ3) is 3.77. The zero-order chi connectivity index (χ0) is 22.1. The molecule has 0 aliphatic carbocycles. The minimum atomic E-state index is -0.997. The maximum atomic E-state index is 13.0. The molecule has 0 spiro atoms. The van der Waals surface area contributed by atoms with Gasteiger partial charge < -0.3 is 14.8 Å². The number of amides is 3. The molecular weight excluding hydrogens is 426 g/mol. The SMILES string of the molecule is COc1ccc(N2C(=O)[C@H]3N=NN(CC(=O)Nc4cc(Cl)ccc4OC)[C@@H]3C2=O)cc1. The molecule has 2 aromatic carbocycles. The quantitative estimate of drug-likeness (QED) is 0.685. The molecule has 0 aromatic heterocycles. The molecule has 3 amide bonds. The lowest BCUT2D eigenvalue weighted by Crippen LogP contribution is -2.43. The fraction of sp³-hybridized carbons (Fsp3) is 0.250. The predicted molar refractivity (Wildman–Crippen MR) is 111 cm³/mol. The molecule has 2 aliphatic rings. The van der Waals surface area contributed by atoms with Crippen molar-refractivity contribution in [3.8, 4) is 11.5 Å². The number of carbonyl (C=O) groups is 3. The van der Waals surface area contributed by atoms with Crippen molar-refractivity contribution in [1.82, 2.24) is 5.01 Å². The van der Waals surface area contributed by atoms with Gasteiger partial charge >= 0.3 is 0 Å². The summed E-state index contributed by atoms with van der Waals surface area (Å²) in [6, 6.07) is 9.32. The van der Waals surface area contributed by atoms with Crippen molar-refractivity contribution >= 4 is 40.7 Å². The van der Waals surface area contributed by atoms with Crippen LogP contribution in [0.3, 0.4) is 0 Å². The smallest absolute Gasteiger partial charge is 0.263 e. The summed E-state index contributed by atoms with van der Waals surface area (Å²) >= 11 is 5.98. The number of benzene rings is 2. The third-order valence-electron chi connectivity index (χ3n) is 4.93. The summed E-state index contributed by atoms with van der Waals surface area (Å²) in [6.07, 6.45) is 0. The minimum absolute atomic E-state index is 0.282. The van der Waals surface area contributed by atoms with Gasteiger partial charge in [0.25, 0.3) is 11.8 Å². The molecule has 1 N–H and O–H groups in total. The Kier molecular flexibility index (Phi) is 5.47. The van der Waals surface area contributed by atoms with E-state index < -0.39 is 29.8 Å². The standard InChI is InChI=1S/C20H18ClN5O5/c1-30-13-6-4-12(5-7-13)26-19(28)17-18(20(26)29)25(24-23-17)10-16(27)22-14-9-11(21)3-8-15(14)31-2/h3-9,17-18H,10H2,1-2H3,(H,22,27)/t17-,18-/m0/s1. The molecule has 160 valence electrons. The van der Waals surface area contributed by atoms with Crippen LogP contribution in [0.15, 0.2) is 52.8 Å². The molecule has 2 aliphatic heterocycles. The van der Waals surface area contributed by atoms with E-state index in [0.29, 0.717) is 27.9 Å². The molecule has 0 unspecified atom stereocenters. The Morgan fingerprint density at radius 2 is 1.84 bits per heavy atom. The van der Waals surface area contributed by atoms with Crippen LogP contribution in [-0.2, 0) is 14.4 Å². The van der Waals surface area contributed by atoms with Crippen molar-refractivity contribution in [3.63, 3.8) is 0 Å². The summed E-state index contributed by atoms with van der Waals surface area (Å²) in [6.45, 7) is -0.282. The first-order chi connectivity index (χ1) is 14.9. The number of ether oxygens (including phenoxy) is 2. The Balaban J connectivity index is 1.49. The number of nitrogens with zero attached hydrogens (tertiary/aromatic N) is 4. The van der Waals surface area contributed by atoms with Crippen molar-refractivity contribution in [2.45, 2.75) is 12.1 Å². The van der Waals surface area contributed by atoms with Gasteiger partial charge in [-0.1, -0.05) is 16.8 Å². The lowest BCUT2D eigenvalue weighted by Gasteiger charge is -2.20. The number of halogens is 1. The number of carbonyl (C=O) groups excluding carboxylic acids is 3. The van der Waals surface area contributed by atoms with Gasteiger partial charge in [0, 0.05) is 5.02 Å². The van der Waals surface area contributed by atoms with E-state index in [1.54, 1.807) is 42.5 Å². The van der Waals surface area contributed by atoms with Crippen molar-refractivity contribution < 1.29 is 23.9 Å². The summed E-state index contributed by atoms with van der Waals surface area (Å²) in [5.74, 6) is -0.445. The van der Waals surface area contributed by atoms with Crippen LogP contribution >= 0.6 is 11.6 Å². The molecule has 10 nitrogen and oxygen atoms in total. The monoisotopic (exact) mass is 443 g/mol. The second kappa shape index (κ2) is 8.23. The fourth-order valence-electron chi connectivity index (χ4n) is 3.45. The lowest BCUT2D eigenvalue weighted by molar-refractivity contribution is -0.123. The molecular formula is C20H18ClN5O5. The Morgan fingerprint density at radius 1 is 1.10 bits per heavy atom. The first-order valence-corrected chi connectivity index (χ1v) is 9.63. The maximum Gasteiger partial charge on any atom is 0.263 e. The molecule has 1 fully saturated rings. The molecule has 2 aromatic rings. The lowest BCUT2D eigenvalue weighted by atomic mass is 10.1. The summed E-state index contributed by atoms with van der Waals surface area (Å²) in [5, 5.41) is 12.1. The number of imide groups is 1. The zero-order valence-corrected chi connectivity index (χ0v) is 17.4. The van der Waals surface area contributed by atoms with Gasteiger partial charge in [-0.15, -0.1) is 0 Å². The number of anilines is 2. The number of rotatable bonds is 6. The summed E-state index contributed by atoms with van der Waals surface area (Å²) < 4.78 is 10.3. The third-order valence-corrected chi connectivity index (χ3v) is 5.16. The second-order valence-corrected chi connectivity index (χ2v) is 7.23. The van der Waals surface area contributed by atoms with Crippen LogP contribution in [0.2, 0.25) is 5.02 Å². The number of methoxy groups -OCH3 is 2. The van der Waals surface area contributed by atoms with E-state index in [9.17, 15) is 14.4 Å². The predicted octanol–water partition coefficient (Wildman–Crippen LogP) is 2.29. The van der Waals surface area contributed by atoms with E-state index in [2.05, 4.69) is 15.7 Å². The van der Waals surface area contributed by atoms with Crippen molar-refractivity contribution in [3.05, 3.63) is 47.5 Å².